The Hall–Kier alpha value is -1.30. The lowest BCUT2D eigenvalue weighted by Crippen LogP contribution is -2.31. The number of hydrogen-bond donors (Lipinski definition) is 1. The van der Waals surface area contributed by atoms with Gasteiger partial charge in [0, 0.05) is 33.8 Å². The van der Waals surface area contributed by atoms with Crippen LogP contribution in [0.5, 0.6) is 11.5 Å². The van der Waals surface area contributed by atoms with Gasteiger partial charge in [0.15, 0.2) is 0 Å². The minimum Gasteiger partial charge on any atom is -0.496 e. The summed E-state index contributed by atoms with van der Waals surface area (Å²) in [6, 6.07) is 16.6. The molecule has 1 N–H and O–H groups in total. The third-order valence-corrected chi connectivity index (χ3v) is 6.99. The van der Waals surface area contributed by atoms with E-state index in [2.05, 4.69) is 42.6 Å². The number of hydrogen-bond acceptors (Lipinski definition) is 5. The van der Waals surface area contributed by atoms with Gasteiger partial charge in [0.1, 0.15) is 11.5 Å². The zero-order chi connectivity index (χ0) is 18.2. The molecule has 2 aromatic carbocycles. The first-order valence-corrected chi connectivity index (χ1v) is 11.0. The number of fused-ring (bicyclic) bond motifs is 1. The molecule has 1 aliphatic rings. The Morgan fingerprint density at radius 1 is 1.23 bits per heavy atom. The molecule has 1 heterocycles. The third-order valence-electron chi connectivity index (χ3n) is 4.32. The molecule has 3 nitrogen and oxygen atoms in total. The molecule has 1 aliphatic heterocycles. The standard InChI is InChI=1S/C21H27NO2S2/c1-16(14-25-20-9-5-3-7-18(20)23-2)11-22-12-17-13-24-19-8-4-6-10-21(19)26-15-17/h3-10,16-17,22H,11-15H2,1-2H3/t16-,17+/m0/s1. The highest BCUT2D eigenvalue weighted by Gasteiger charge is 2.17. The van der Waals surface area contributed by atoms with E-state index in [0.29, 0.717) is 11.8 Å². The molecule has 0 bridgehead atoms. The Morgan fingerprint density at radius 2 is 2.04 bits per heavy atom. The molecule has 140 valence electrons. The number of para-hydroxylation sites is 2. The summed E-state index contributed by atoms with van der Waals surface area (Å²) in [4.78, 5) is 2.48. The topological polar surface area (TPSA) is 30.5 Å². The fourth-order valence-corrected chi connectivity index (χ4v) is 4.96. The molecule has 0 saturated carbocycles. The van der Waals surface area contributed by atoms with Crippen LogP contribution in [0.3, 0.4) is 0 Å². The summed E-state index contributed by atoms with van der Waals surface area (Å²) < 4.78 is 11.4. The van der Waals surface area contributed by atoms with E-state index in [0.717, 1.165) is 42.7 Å². The molecule has 5 heteroatoms. The fraction of sp³-hybridized carbons (Fsp3) is 0.429. The monoisotopic (exact) mass is 389 g/mol. The molecule has 0 spiro atoms. The number of rotatable bonds is 8. The number of methoxy groups -OCH3 is 1. The van der Waals surface area contributed by atoms with Gasteiger partial charge in [-0.15, -0.1) is 23.5 Å². The molecule has 0 amide bonds. The van der Waals surface area contributed by atoms with Crippen LogP contribution in [0.2, 0.25) is 0 Å². The van der Waals surface area contributed by atoms with Crippen LogP contribution in [0.4, 0.5) is 0 Å². The van der Waals surface area contributed by atoms with Crippen molar-refractivity contribution in [3.8, 4) is 11.5 Å². The maximum atomic E-state index is 5.97. The number of thioether (sulfide) groups is 2. The molecular formula is C21H27NO2S2. The largest absolute Gasteiger partial charge is 0.496 e. The first-order valence-electron chi connectivity index (χ1n) is 9.07. The van der Waals surface area contributed by atoms with Gasteiger partial charge in [-0.1, -0.05) is 31.2 Å². The predicted octanol–water partition coefficient (Wildman–Crippen LogP) is 4.81. The summed E-state index contributed by atoms with van der Waals surface area (Å²) in [5.41, 5.74) is 0. The van der Waals surface area contributed by atoms with Crippen molar-refractivity contribution < 1.29 is 9.47 Å². The Kier molecular flexibility index (Phi) is 7.59. The Bertz CT molecular complexity index is 668. The summed E-state index contributed by atoms with van der Waals surface area (Å²) in [6.45, 7) is 5.12. The Labute approximate surface area is 165 Å². The van der Waals surface area contributed by atoms with Crippen molar-refractivity contribution >= 4 is 23.5 Å². The quantitative estimate of drug-likeness (QED) is 0.655. The van der Waals surface area contributed by atoms with Gasteiger partial charge in [0.2, 0.25) is 0 Å². The second kappa shape index (κ2) is 10.1. The summed E-state index contributed by atoms with van der Waals surface area (Å²) in [5.74, 6) is 5.32. The highest BCUT2D eigenvalue weighted by Crippen LogP contribution is 2.33. The highest BCUT2D eigenvalue weighted by molar-refractivity contribution is 7.99. The van der Waals surface area contributed by atoms with Crippen molar-refractivity contribution in [2.24, 2.45) is 11.8 Å². The minimum absolute atomic E-state index is 0.543. The summed E-state index contributed by atoms with van der Waals surface area (Å²) in [6.07, 6.45) is 0. The maximum absolute atomic E-state index is 5.97. The zero-order valence-electron chi connectivity index (χ0n) is 15.4. The number of benzene rings is 2. The van der Waals surface area contributed by atoms with Crippen LogP contribution in [0.1, 0.15) is 6.92 Å². The van der Waals surface area contributed by atoms with E-state index in [1.807, 2.05) is 41.7 Å². The first kappa shape index (κ1) is 19.5. The number of nitrogens with one attached hydrogen (secondary N) is 1. The van der Waals surface area contributed by atoms with E-state index in [9.17, 15) is 0 Å². The lowest BCUT2D eigenvalue weighted by molar-refractivity contribution is 0.256. The molecule has 0 aliphatic carbocycles. The van der Waals surface area contributed by atoms with Crippen LogP contribution in [0.15, 0.2) is 58.3 Å². The lowest BCUT2D eigenvalue weighted by atomic mass is 10.1. The summed E-state index contributed by atoms with van der Waals surface area (Å²) in [7, 11) is 1.73. The third kappa shape index (κ3) is 5.60. The zero-order valence-corrected chi connectivity index (χ0v) is 17.1. The van der Waals surface area contributed by atoms with E-state index in [1.54, 1.807) is 7.11 Å². The molecule has 2 atom stereocenters. The van der Waals surface area contributed by atoms with E-state index in [4.69, 9.17) is 9.47 Å². The second-order valence-electron chi connectivity index (χ2n) is 6.66. The van der Waals surface area contributed by atoms with Crippen molar-refractivity contribution in [3.63, 3.8) is 0 Å². The smallest absolute Gasteiger partial charge is 0.132 e. The molecule has 0 unspecified atom stereocenters. The maximum Gasteiger partial charge on any atom is 0.132 e. The van der Waals surface area contributed by atoms with Gasteiger partial charge < -0.3 is 14.8 Å². The van der Waals surface area contributed by atoms with E-state index >= 15 is 0 Å². The van der Waals surface area contributed by atoms with Crippen LogP contribution in [-0.2, 0) is 0 Å². The van der Waals surface area contributed by atoms with E-state index in [-0.39, 0.29) is 0 Å². The van der Waals surface area contributed by atoms with Crippen molar-refractivity contribution in [2.45, 2.75) is 16.7 Å². The molecule has 0 saturated heterocycles. The normalized spacial score (nSPS) is 17.7. The van der Waals surface area contributed by atoms with E-state index in [1.165, 1.54) is 9.79 Å². The first-order chi connectivity index (χ1) is 12.8. The summed E-state index contributed by atoms with van der Waals surface area (Å²) >= 11 is 3.77. The average molecular weight is 390 g/mol. The minimum atomic E-state index is 0.543. The van der Waals surface area contributed by atoms with E-state index < -0.39 is 0 Å². The van der Waals surface area contributed by atoms with Gasteiger partial charge in [-0.3, -0.25) is 0 Å². The number of ether oxygens (including phenoxy) is 2. The molecule has 0 radical (unpaired) electrons. The highest BCUT2D eigenvalue weighted by atomic mass is 32.2. The molecule has 2 aromatic rings. The fourth-order valence-electron chi connectivity index (χ4n) is 2.83. The van der Waals surface area contributed by atoms with Crippen LogP contribution >= 0.6 is 23.5 Å². The van der Waals surface area contributed by atoms with Gasteiger partial charge in [-0.25, -0.2) is 0 Å². The van der Waals surface area contributed by atoms with Gasteiger partial charge in [-0.2, -0.15) is 0 Å². The van der Waals surface area contributed by atoms with Crippen molar-refractivity contribution in [1.82, 2.24) is 5.32 Å². The molecule has 3 rings (SSSR count). The molecule has 0 aromatic heterocycles. The van der Waals surface area contributed by atoms with Crippen LogP contribution in [-0.4, -0.2) is 38.3 Å². The molecular weight excluding hydrogens is 362 g/mol. The van der Waals surface area contributed by atoms with Crippen molar-refractivity contribution in [1.29, 1.82) is 0 Å². The summed E-state index contributed by atoms with van der Waals surface area (Å²) in [5, 5.41) is 3.64. The SMILES string of the molecule is COc1ccccc1SC[C@@H](C)CNC[C@@H]1COc2ccccc2SC1. The Balaban J connectivity index is 1.37. The Morgan fingerprint density at radius 3 is 2.92 bits per heavy atom. The molecule has 26 heavy (non-hydrogen) atoms. The van der Waals surface area contributed by atoms with Crippen LogP contribution < -0.4 is 14.8 Å². The lowest BCUT2D eigenvalue weighted by Gasteiger charge is -2.17. The van der Waals surface area contributed by atoms with Gasteiger partial charge in [0.05, 0.1) is 13.7 Å². The van der Waals surface area contributed by atoms with Crippen molar-refractivity contribution in [3.05, 3.63) is 48.5 Å². The predicted molar refractivity (Wildman–Crippen MR) is 112 cm³/mol. The van der Waals surface area contributed by atoms with Crippen molar-refractivity contribution in [2.75, 3.05) is 38.3 Å². The van der Waals surface area contributed by atoms with Crippen LogP contribution in [0, 0.1) is 11.8 Å². The molecule has 0 fully saturated rings. The van der Waals surface area contributed by atoms with Gasteiger partial charge in [0.25, 0.3) is 0 Å². The average Bonchev–Trinajstić information content (AvgIpc) is 2.89. The van der Waals surface area contributed by atoms with Gasteiger partial charge in [-0.05, 0) is 36.7 Å². The van der Waals surface area contributed by atoms with Crippen LogP contribution in [0.25, 0.3) is 0 Å². The second-order valence-corrected chi connectivity index (χ2v) is 8.78. The van der Waals surface area contributed by atoms with Gasteiger partial charge >= 0.3 is 0 Å².